The van der Waals surface area contributed by atoms with Gasteiger partial charge < -0.3 is 14.6 Å². The number of anilines is 1. The highest BCUT2D eigenvalue weighted by Crippen LogP contribution is 2.27. The van der Waals surface area contributed by atoms with Crippen molar-refractivity contribution >= 4 is 22.6 Å². The highest BCUT2D eigenvalue weighted by atomic mass is 16.5. The Morgan fingerprint density at radius 2 is 1.83 bits per heavy atom. The number of aromatic nitrogens is 5. The molecule has 0 atom stereocenters. The summed E-state index contributed by atoms with van der Waals surface area (Å²) in [5, 5.41) is 8.23. The molecular formula is C28H28N6O2. The number of carbonyl (C=O) groups excluding carboxylic acids is 1. The lowest BCUT2D eigenvalue weighted by Gasteiger charge is -2.12. The third kappa shape index (κ3) is 4.70. The zero-order chi connectivity index (χ0) is 25.2. The van der Waals surface area contributed by atoms with Crippen LogP contribution in [0.5, 0.6) is 5.75 Å². The fourth-order valence-corrected chi connectivity index (χ4v) is 3.97. The summed E-state index contributed by atoms with van der Waals surface area (Å²) in [6.45, 7) is 6.50. The quantitative estimate of drug-likeness (QED) is 0.330. The van der Waals surface area contributed by atoms with E-state index in [2.05, 4.69) is 15.4 Å². The first-order chi connectivity index (χ1) is 17.4. The summed E-state index contributed by atoms with van der Waals surface area (Å²) >= 11 is 0. The van der Waals surface area contributed by atoms with E-state index in [4.69, 9.17) is 9.72 Å². The normalized spacial score (nSPS) is 11.2. The van der Waals surface area contributed by atoms with Gasteiger partial charge in [-0.3, -0.25) is 4.79 Å². The molecule has 0 saturated heterocycles. The zero-order valence-corrected chi connectivity index (χ0v) is 20.8. The van der Waals surface area contributed by atoms with Gasteiger partial charge in [-0.05, 0) is 51.1 Å². The molecule has 3 aromatic heterocycles. The second-order valence-electron chi connectivity index (χ2n) is 9.06. The number of ether oxygens (including phenoxy) is 1. The standard InChI is InChI=1S/C28H28N6O2/c1-18(2)34-27-24(16-30-34)23(15-25(32-27)20-7-5-19(3)6-8-20)28(35)31-21-9-11-22(12-10-21)36-17-26-29-13-14-33(26)4/h5-16,18H,17H2,1-4H3,(H,31,35). The van der Waals surface area contributed by atoms with Gasteiger partial charge in [0.2, 0.25) is 0 Å². The van der Waals surface area contributed by atoms with Gasteiger partial charge in [-0.25, -0.2) is 14.6 Å². The molecule has 0 spiro atoms. The number of benzene rings is 2. The van der Waals surface area contributed by atoms with Gasteiger partial charge in [0.1, 0.15) is 18.2 Å². The van der Waals surface area contributed by atoms with Crippen LogP contribution in [-0.4, -0.2) is 30.2 Å². The Balaban J connectivity index is 1.41. The molecule has 8 heteroatoms. The summed E-state index contributed by atoms with van der Waals surface area (Å²) in [6.07, 6.45) is 5.33. The molecule has 0 aliphatic carbocycles. The minimum absolute atomic E-state index is 0.109. The Bertz CT molecular complexity index is 1510. The van der Waals surface area contributed by atoms with Gasteiger partial charge in [0.05, 0.1) is 22.8 Å². The molecule has 1 amide bonds. The van der Waals surface area contributed by atoms with Crippen molar-refractivity contribution in [2.75, 3.05) is 5.32 Å². The summed E-state index contributed by atoms with van der Waals surface area (Å²) in [7, 11) is 1.93. The highest BCUT2D eigenvalue weighted by molar-refractivity contribution is 6.12. The van der Waals surface area contributed by atoms with Gasteiger partial charge in [0, 0.05) is 36.7 Å². The number of amides is 1. The predicted molar refractivity (Wildman–Crippen MR) is 140 cm³/mol. The van der Waals surface area contributed by atoms with Gasteiger partial charge in [-0.2, -0.15) is 5.10 Å². The molecule has 5 aromatic rings. The van der Waals surface area contributed by atoms with Crippen LogP contribution in [0.4, 0.5) is 5.69 Å². The van der Waals surface area contributed by atoms with E-state index in [9.17, 15) is 4.79 Å². The van der Waals surface area contributed by atoms with Crippen molar-refractivity contribution in [3.63, 3.8) is 0 Å². The number of aryl methyl sites for hydroxylation is 2. The van der Waals surface area contributed by atoms with Crippen LogP contribution >= 0.6 is 0 Å². The molecular weight excluding hydrogens is 452 g/mol. The van der Waals surface area contributed by atoms with Crippen molar-refractivity contribution in [2.24, 2.45) is 7.05 Å². The van der Waals surface area contributed by atoms with Gasteiger partial charge in [0.15, 0.2) is 5.65 Å². The van der Waals surface area contributed by atoms with Gasteiger partial charge in [-0.15, -0.1) is 0 Å². The molecule has 0 aliphatic rings. The van der Waals surface area contributed by atoms with Crippen LogP contribution in [0.3, 0.4) is 0 Å². The van der Waals surface area contributed by atoms with Gasteiger partial charge in [-0.1, -0.05) is 29.8 Å². The minimum Gasteiger partial charge on any atom is -0.486 e. The van der Waals surface area contributed by atoms with Crippen LogP contribution in [0.25, 0.3) is 22.3 Å². The maximum Gasteiger partial charge on any atom is 0.256 e. The second-order valence-corrected chi connectivity index (χ2v) is 9.06. The van der Waals surface area contributed by atoms with Crippen molar-refractivity contribution in [1.29, 1.82) is 0 Å². The monoisotopic (exact) mass is 480 g/mol. The fraction of sp³-hybridized carbons (Fsp3) is 0.214. The molecule has 182 valence electrons. The number of pyridine rings is 1. The number of carbonyl (C=O) groups is 1. The largest absolute Gasteiger partial charge is 0.486 e. The number of fused-ring (bicyclic) bond motifs is 1. The molecule has 5 rings (SSSR count). The van der Waals surface area contributed by atoms with E-state index < -0.39 is 0 Å². The van der Waals surface area contributed by atoms with Crippen molar-refractivity contribution in [3.8, 4) is 17.0 Å². The lowest BCUT2D eigenvalue weighted by molar-refractivity contribution is 0.102. The van der Waals surface area contributed by atoms with Crippen LogP contribution in [0.1, 0.15) is 41.6 Å². The molecule has 0 radical (unpaired) electrons. The lowest BCUT2D eigenvalue weighted by Crippen LogP contribution is -2.13. The smallest absolute Gasteiger partial charge is 0.256 e. The van der Waals surface area contributed by atoms with E-state index >= 15 is 0 Å². The topological polar surface area (TPSA) is 86.9 Å². The number of rotatable bonds is 7. The summed E-state index contributed by atoms with van der Waals surface area (Å²) in [5.41, 5.74) is 4.72. The van der Waals surface area contributed by atoms with E-state index in [0.29, 0.717) is 34.6 Å². The molecule has 3 heterocycles. The lowest BCUT2D eigenvalue weighted by atomic mass is 10.0. The average molecular weight is 481 g/mol. The number of nitrogens with one attached hydrogen (secondary N) is 1. The van der Waals surface area contributed by atoms with E-state index in [0.717, 1.165) is 22.6 Å². The summed E-state index contributed by atoms with van der Waals surface area (Å²) < 4.78 is 9.57. The first-order valence-electron chi connectivity index (χ1n) is 11.8. The molecule has 0 unspecified atom stereocenters. The first-order valence-corrected chi connectivity index (χ1v) is 11.8. The number of hydrogen-bond donors (Lipinski definition) is 1. The van der Waals surface area contributed by atoms with Crippen molar-refractivity contribution < 1.29 is 9.53 Å². The minimum atomic E-state index is -0.222. The van der Waals surface area contributed by atoms with Gasteiger partial charge >= 0.3 is 0 Å². The highest BCUT2D eigenvalue weighted by Gasteiger charge is 2.19. The SMILES string of the molecule is Cc1ccc(-c2cc(C(=O)Nc3ccc(OCc4nccn4C)cc3)c3cnn(C(C)C)c3n2)cc1. The van der Waals surface area contributed by atoms with Crippen LogP contribution in [-0.2, 0) is 13.7 Å². The maximum absolute atomic E-state index is 13.4. The third-order valence-electron chi connectivity index (χ3n) is 6.05. The molecule has 1 N–H and O–H groups in total. The van der Waals surface area contributed by atoms with Gasteiger partial charge in [0.25, 0.3) is 5.91 Å². The predicted octanol–water partition coefficient (Wildman–Crippen LogP) is 5.55. The Morgan fingerprint density at radius 1 is 1.08 bits per heavy atom. The van der Waals surface area contributed by atoms with Crippen LogP contribution < -0.4 is 10.1 Å². The fourth-order valence-electron chi connectivity index (χ4n) is 3.97. The second kappa shape index (κ2) is 9.65. The van der Waals surface area contributed by atoms with E-state index in [1.54, 1.807) is 12.4 Å². The number of hydrogen-bond acceptors (Lipinski definition) is 5. The molecule has 2 aromatic carbocycles. The van der Waals surface area contributed by atoms with E-state index in [-0.39, 0.29) is 11.9 Å². The molecule has 0 aliphatic heterocycles. The Hall–Kier alpha value is -4.46. The van der Waals surface area contributed by atoms with E-state index in [1.165, 1.54) is 0 Å². The van der Waals surface area contributed by atoms with Crippen molar-refractivity contribution in [3.05, 3.63) is 90.1 Å². The van der Waals surface area contributed by atoms with Crippen LogP contribution in [0.15, 0.2) is 73.2 Å². The maximum atomic E-state index is 13.4. The third-order valence-corrected chi connectivity index (χ3v) is 6.05. The van der Waals surface area contributed by atoms with Crippen molar-refractivity contribution in [2.45, 2.75) is 33.4 Å². The molecule has 0 fully saturated rings. The molecule has 36 heavy (non-hydrogen) atoms. The van der Waals surface area contributed by atoms with E-state index in [1.807, 2.05) is 97.9 Å². The molecule has 0 saturated carbocycles. The first kappa shape index (κ1) is 23.3. The summed E-state index contributed by atoms with van der Waals surface area (Å²) in [5.74, 6) is 1.31. The summed E-state index contributed by atoms with van der Waals surface area (Å²) in [6, 6.07) is 17.4. The molecule has 0 bridgehead atoms. The summed E-state index contributed by atoms with van der Waals surface area (Å²) in [4.78, 5) is 22.6. The Labute approximate surface area is 209 Å². The van der Waals surface area contributed by atoms with Crippen LogP contribution in [0, 0.1) is 6.92 Å². The Kier molecular flexibility index (Phi) is 6.25. The number of imidazole rings is 1. The number of nitrogens with zero attached hydrogens (tertiary/aromatic N) is 5. The average Bonchev–Trinajstić information content (AvgIpc) is 3.49. The van der Waals surface area contributed by atoms with Crippen molar-refractivity contribution in [1.82, 2.24) is 24.3 Å². The molecule has 8 nitrogen and oxygen atoms in total. The van der Waals surface area contributed by atoms with Crippen LogP contribution in [0.2, 0.25) is 0 Å². The Morgan fingerprint density at radius 3 is 2.50 bits per heavy atom. The zero-order valence-electron chi connectivity index (χ0n) is 20.8.